The standard InChI is InChI=1S/C17H22O6/c1-9(2)15(18)22-13-7-11(12-8-14(13)23-17(12)20)16(19)21-10-5-3-4-6-10/h10-14H,1,3-8H2,2H3. The van der Waals surface area contributed by atoms with Gasteiger partial charge in [-0.25, -0.2) is 4.79 Å². The molecular formula is C17H22O6. The predicted molar refractivity (Wildman–Crippen MR) is 79.1 cm³/mol. The zero-order valence-corrected chi connectivity index (χ0v) is 13.3. The molecule has 0 aromatic rings. The summed E-state index contributed by atoms with van der Waals surface area (Å²) in [6.07, 6.45) is 3.44. The van der Waals surface area contributed by atoms with Crippen LogP contribution in [-0.4, -0.2) is 36.2 Å². The summed E-state index contributed by atoms with van der Waals surface area (Å²) in [5.74, 6) is -2.36. The summed E-state index contributed by atoms with van der Waals surface area (Å²) in [4.78, 5) is 36.2. The molecule has 0 spiro atoms. The van der Waals surface area contributed by atoms with Crippen LogP contribution in [0, 0.1) is 11.8 Å². The molecule has 3 aliphatic rings. The second-order valence-corrected chi connectivity index (χ2v) is 6.73. The number of hydrogen-bond acceptors (Lipinski definition) is 6. The van der Waals surface area contributed by atoms with Crippen LogP contribution < -0.4 is 0 Å². The molecular weight excluding hydrogens is 300 g/mol. The van der Waals surface area contributed by atoms with Crippen LogP contribution in [0.15, 0.2) is 12.2 Å². The molecule has 1 heterocycles. The van der Waals surface area contributed by atoms with Crippen LogP contribution in [0.25, 0.3) is 0 Å². The zero-order valence-electron chi connectivity index (χ0n) is 13.3. The van der Waals surface area contributed by atoms with Crippen molar-refractivity contribution in [1.29, 1.82) is 0 Å². The van der Waals surface area contributed by atoms with Gasteiger partial charge in [0.25, 0.3) is 0 Å². The third kappa shape index (κ3) is 3.26. The normalized spacial score (nSPS) is 33.2. The third-order valence-electron chi connectivity index (χ3n) is 4.94. The molecule has 6 nitrogen and oxygen atoms in total. The average Bonchev–Trinajstić information content (AvgIpc) is 3.11. The van der Waals surface area contributed by atoms with E-state index in [0.717, 1.165) is 25.7 Å². The molecule has 0 radical (unpaired) electrons. The highest BCUT2D eigenvalue weighted by molar-refractivity contribution is 5.88. The van der Waals surface area contributed by atoms with Crippen molar-refractivity contribution in [3.63, 3.8) is 0 Å². The first-order chi connectivity index (χ1) is 11.0. The summed E-state index contributed by atoms with van der Waals surface area (Å²) in [5.41, 5.74) is 0.279. The van der Waals surface area contributed by atoms with Crippen molar-refractivity contribution in [2.75, 3.05) is 0 Å². The first-order valence-electron chi connectivity index (χ1n) is 8.23. The Balaban J connectivity index is 1.68. The number of carbonyl (C=O) groups excluding carboxylic acids is 3. The van der Waals surface area contributed by atoms with Gasteiger partial charge < -0.3 is 14.2 Å². The van der Waals surface area contributed by atoms with E-state index >= 15 is 0 Å². The molecule has 4 unspecified atom stereocenters. The Kier molecular flexibility index (Phi) is 4.41. The minimum atomic E-state index is -0.608. The molecule has 1 saturated heterocycles. The van der Waals surface area contributed by atoms with Crippen molar-refractivity contribution in [3.8, 4) is 0 Å². The van der Waals surface area contributed by atoms with Gasteiger partial charge in [0.1, 0.15) is 18.3 Å². The van der Waals surface area contributed by atoms with Crippen molar-refractivity contribution in [1.82, 2.24) is 0 Å². The largest absolute Gasteiger partial charge is 0.462 e. The highest BCUT2D eigenvalue weighted by atomic mass is 16.6. The molecule has 0 amide bonds. The van der Waals surface area contributed by atoms with Gasteiger partial charge in [0, 0.05) is 18.4 Å². The highest BCUT2D eigenvalue weighted by Gasteiger charge is 2.53. The van der Waals surface area contributed by atoms with Crippen LogP contribution >= 0.6 is 0 Å². The maximum absolute atomic E-state index is 12.5. The number of carbonyl (C=O) groups is 3. The van der Waals surface area contributed by atoms with E-state index in [1.807, 2.05) is 0 Å². The lowest BCUT2D eigenvalue weighted by atomic mass is 9.78. The smallest absolute Gasteiger partial charge is 0.333 e. The first kappa shape index (κ1) is 16.0. The van der Waals surface area contributed by atoms with Gasteiger partial charge in [-0.15, -0.1) is 0 Å². The summed E-state index contributed by atoms with van der Waals surface area (Å²) < 4.78 is 16.2. The van der Waals surface area contributed by atoms with Crippen LogP contribution in [0.1, 0.15) is 45.4 Å². The highest BCUT2D eigenvalue weighted by Crippen LogP contribution is 2.41. The van der Waals surface area contributed by atoms with Gasteiger partial charge in [-0.05, 0) is 32.6 Å². The van der Waals surface area contributed by atoms with Gasteiger partial charge in [-0.1, -0.05) is 6.58 Å². The molecule has 2 saturated carbocycles. The molecule has 3 fully saturated rings. The van der Waals surface area contributed by atoms with E-state index in [4.69, 9.17) is 14.2 Å². The molecule has 3 rings (SSSR count). The van der Waals surface area contributed by atoms with Crippen LogP contribution in [-0.2, 0) is 28.6 Å². The Morgan fingerprint density at radius 3 is 2.52 bits per heavy atom. The van der Waals surface area contributed by atoms with E-state index in [2.05, 4.69) is 6.58 Å². The Morgan fingerprint density at radius 1 is 1.17 bits per heavy atom. The van der Waals surface area contributed by atoms with E-state index < -0.39 is 36.0 Å². The predicted octanol–water partition coefficient (Wildman–Crippen LogP) is 1.91. The summed E-state index contributed by atoms with van der Waals surface area (Å²) in [7, 11) is 0. The molecule has 0 N–H and O–H groups in total. The fourth-order valence-electron chi connectivity index (χ4n) is 3.63. The molecule has 2 bridgehead atoms. The maximum atomic E-state index is 12.5. The van der Waals surface area contributed by atoms with E-state index in [0.29, 0.717) is 6.42 Å². The first-order valence-corrected chi connectivity index (χ1v) is 8.23. The lowest BCUT2D eigenvalue weighted by Gasteiger charge is -2.30. The second-order valence-electron chi connectivity index (χ2n) is 6.73. The van der Waals surface area contributed by atoms with Crippen molar-refractivity contribution < 1.29 is 28.6 Å². The summed E-state index contributed by atoms with van der Waals surface area (Å²) in [6.45, 7) is 5.10. The van der Waals surface area contributed by atoms with Crippen LogP contribution in [0.2, 0.25) is 0 Å². The minimum absolute atomic E-state index is 0.0472. The van der Waals surface area contributed by atoms with Crippen molar-refractivity contribution in [2.24, 2.45) is 11.8 Å². The summed E-state index contributed by atoms with van der Waals surface area (Å²) >= 11 is 0. The fourth-order valence-corrected chi connectivity index (χ4v) is 3.63. The van der Waals surface area contributed by atoms with E-state index in [9.17, 15) is 14.4 Å². The van der Waals surface area contributed by atoms with Gasteiger partial charge in [0.2, 0.25) is 0 Å². The molecule has 0 aromatic carbocycles. The second kappa shape index (κ2) is 6.34. The molecule has 0 aromatic heterocycles. The van der Waals surface area contributed by atoms with Gasteiger partial charge in [-0.2, -0.15) is 0 Å². The summed E-state index contributed by atoms with van der Waals surface area (Å²) in [6, 6.07) is 0. The number of esters is 3. The van der Waals surface area contributed by atoms with E-state index in [-0.39, 0.29) is 24.1 Å². The van der Waals surface area contributed by atoms with Crippen molar-refractivity contribution in [3.05, 3.63) is 12.2 Å². The summed E-state index contributed by atoms with van der Waals surface area (Å²) in [5, 5.41) is 0. The Hall–Kier alpha value is -1.85. The van der Waals surface area contributed by atoms with Crippen LogP contribution in [0.3, 0.4) is 0 Å². The zero-order chi connectivity index (χ0) is 16.6. The van der Waals surface area contributed by atoms with E-state index in [1.54, 1.807) is 6.92 Å². The minimum Gasteiger partial charge on any atom is -0.462 e. The molecule has 1 aliphatic heterocycles. The number of fused-ring (bicyclic) bond motifs is 2. The van der Waals surface area contributed by atoms with Gasteiger partial charge in [0.05, 0.1) is 11.8 Å². The Morgan fingerprint density at radius 2 is 1.87 bits per heavy atom. The van der Waals surface area contributed by atoms with Gasteiger partial charge in [-0.3, -0.25) is 9.59 Å². The molecule has 6 heteroatoms. The molecule has 2 aliphatic carbocycles. The molecule has 126 valence electrons. The Labute approximate surface area is 135 Å². The quantitative estimate of drug-likeness (QED) is 0.447. The molecule has 4 atom stereocenters. The SMILES string of the molecule is C=C(C)C(=O)OC1CC(C(=O)OC2CCCC2)C2CC1OC2=O. The fraction of sp³-hybridized carbons (Fsp3) is 0.706. The van der Waals surface area contributed by atoms with Crippen LogP contribution in [0.5, 0.6) is 0 Å². The van der Waals surface area contributed by atoms with Crippen molar-refractivity contribution >= 4 is 17.9 Å². The number of hydrogen-bond donors (Lipinski definition) is 0. The lowest BCUT2D eigenvalue weighted by Crippen LogP contribution is -2.41. The lowest BCUT2D eigenvalue weighted by molar-refractivity contribution is -0.163. The molecule has 23 heavy (non-hydrogen) atoms. The monoisotopic (exact) mass is 322 g/mol. The van der Waals surface area contributed by atoms with Crippen LogP contribution in [0.4, 0.5) is 0 Å². The third-order valence-corrected chi connectivity index (χ3v) is 4.94. The average molecular weight is 322 g/mol. The maximum Gasteiger partial charge on any atom is 0.333 e. The van der Waals surface area contributed by atoms with Gasteiger partial charge in [0.15, 0.2) is 0 Å². The number of rotatable bonds is 4. The topological polar surface area (TPSA) is 78.9 Å². The number of ether oxygens (including phenoxy) is 3. The van der Waals surface area contributed by atoms with Gasteiger partial charge >= 0.3 is 17.9 Å². The Bertz CT molecular complexity index is 533. The van der Waals surface area contributed by atoms with Crippen molar-refractivity contribution in [2.45, 2.75) is 63.8 Å². The van der Waals surface area contributed by atoms with E-state index in [1.165, 1.54) is 0 Å².